The van der Waals surface area contributed by atoms with E-state index in [2.05, 4.69) is 10.6 Å². The van der Waals surface area contributed by atoms with E-state index in [1.54, 1.807) is 24.3 Å². The van der Waals surface area contributed by atoms with Gasteiger partial charge in [-0.3, -0.25) is 4.79 Å². The molecule has 1 aromatic rings. The fraction of sp³-hybridized carbons (Fsp3) is 0.500. The van der Waals surface area contributed by atoms with Gasteiger partial charge in [-0.05, 0) is 24.8 Å². The van der Waals surface area contributed by atoms with Gasteiger partial charge in [0.05, 0.1) is 6.10 Å². The summed E-state index contributed by atoms with van der Waals surface area (Å²) in [5, 5.41) is 23.6. The molecule has 8 heteroatoms. The number of hydrogen-bond acceptors (Lipinski definition) is 5. The molecule has 0 heterocycles. The third kappa shape index (κ3) is 7.52. The first-order chi connectivity index (χ1) is 12.2. The van der Waals surface area contributed by atoms with Gasteiger partial charge in [0.25, 0.3) is 0 Å². The molecular formula is C18H26N2O6. The van der Waals surface area contributed by atoms with Crippen LogP contribution in [-0.4, -0.2) is 46.4 Å². The number of carbonyl (C=O) groups excluding carboxylic acids is 2. The molecule has 0 unspecified atom stereocenters. The predicted molar refractivity (Wildman–Crippen MR) is 94.3 cm³/mol. The number of aliphatic hydroxyl groups is 1. The highest BCUT2D eigenvalue weighted by Gasteiger charge is 2.30. The minimum absolute atomic E-state index is 0.00588. The minimum Gasteiger partial charge on any atom is -0.480 e. The molecule has 0 radical (unpaired) electrons. The van der Waals surface area contributed by atoms with E-state index in [0.29, 0.717) is 0 Å². The molecule has 8 nitrogen and oxygen atoms in total. The third-order valence-electron chi connectivity index (χ3n) is 3.57. The van der Waals surface area contributed by atoms with E-state index >= 15 is 0 Å². The first-order valence-corrected chi connectivity index (χ1v) is 8.39. The normalized spacial score (nSPS) is 14.2. The highest BCUT2D eigenvalue weighted by atomic mass is 16.5. The highest BCUT2D eigenvalue weighted by molar-refractivity contribution is 5.89. The van der Waals surface area contributed by atoms with Gasteiger partial charge in [0.1, 0.15) is 18.7 Å². The summed E-state index contributed by atoms with van der Waals surface area (Å²) in [7, 11) is 0. The van der Waals surface area contributed by atoms with Crippen LogP contribution in [-0.2, 0) is 20.9 Å². The number of aliphatic carboxylic acids is 1. The van der Waals surface area contributed by atoms with E-state index in [-0.39, 0.29) is 18.9 Å². The molecule has 0 fully saturated rings. The number of amides is 2. The van der Waals surface area contributed by atoms with Gasteiger partial charge in [0.15, 0.2) is 0 Å². The van der Waals surface area contributed by atoms with Gasteiger partial charge >= 0.3 is 12.1 Å². The minimum atomic E-state index is -1.33. The van der Waals surface area contributed by atoms with E-state index in [4.69, 9.17) is 4.74 Å². The molecule has 0 aliphatic carbocycles. The van der Waals surface area contributed by atoms with Crippen LogP contribution >= 0.6 is 0 Å². The number of ether oxygens (including phenoxy) is 1. The zero-order valence-electron chi connectivity index (χ0n) is 15.1. The van der Waals surface area contributed by atoms with E-state index in [1.165, 1.54) is 6.92 Å². The van der Waals surface area contributed by atoms with E-state index in [9.17, 15) is 24.6 Å². The van der Waals surface area contributed by atoms with Crippen molar-refractivity contribution in [1.29, 1.82) is 0 Å². The van der Waals surface area contributed by atoms with Crippen molar-refractivity contribution in [2.75, 3.05) is 0 Å². The number of hydrogen-bond donors (Lipinski definition) is 4. The van der Waals surface area contributed by atoms with E-state index in [0.717, 1.165) is 5.56 Å². The Morgan fingerprint density at radius 3 is 2.19 bits per heavy atom. The molecule has 4 N–H and O–H groups in total. The van der Waals surface area contributed by atoms with Gasteiger partial charge in [-0.1, -0.05) is 44.2 Å². The van der Waals surface area contributed by atoms with Gasteiger partial charge in [-0.25, -0.2) is 9.59 Å². The van der Waals surface area contributed by atoms with Gasteiger partial charge in [0.2, 0.25) is 5.91 Å². The molecule has 0 aliphatic rings. The van der Waals surface area contributed by atoms with E-state index < -0.39 is 36.2 Å². The molecule has 0 aliphatic heterocycles. The van der Waals surface area contributed by atoms with Crippen LogP contribution < -0.4 is 10.6 Å². The second kappa shape index (κ2) is 10.4. The van der Waals surface area contributed by atoms with Gasteiger partial charge in [0, 0.05) is 0 Å². The Bertz CT molecular complexity index is 603. The van der Waals surface area contributed by atoms with Crippen molar-refractivity contribution >= 4 is 18.0 Å². The Labute approximate surface area is 152 Å². The Balaban J connectivity index is 2.64. The lowest BCUT2D eigenvalue weighted by atomic mass is 10.0. The number of alkyl carbamates (subject to hydrolysis) is 1. The van der Waals surface area contributed by atoms with Crippen molar-refractivity contribution in [2.45, 2.75) is 52.0 Å². The van der Waals surface area contributed by atoms with Gasteiger partial charge in [-0.15, -0.1) is 0 Å². The smallest absolute Gasteiger partial charge is 0.408 e. The van der Waals surface area contributed by atoms with Crippen molar-refractivity contribution in [3.8, 4) is 0 Å². The molecule has 144 valence electrons. The fourth-order valence-electron chi connectivity index (χ4n) is 2.25. The number of rotatable bonds is 9. The zero-order chi connectivity index (χ0) is 19.7. The molecule has 3 atom stereocenters. The Morgan fingerprint density at radius 2 is 1.69 bits per heavy atom. The molecule has 0 bridgehead atoms. The van der Waals surface area contributed by atoms with Crippen molar-refractivity contribution < 1.29 is 29.3 Å². The molecular weight excluding hydrogens is 340 g/mol. The van der Waals surface area contributed by atoms with Crippen molar-refractivity contribution in [2.24, 2.45) is 5.92 Å². The first-order valence-electron chi connectivity index (χ1n) is 8.39. The van der Waals surface area contributed by atoms with Crippen molar-refractivity contribution in [3.05, 3.63) is 35.9 Å². The third-order valence-corrected chi connectivity index (χ3v) is 3.57. The first kappa shape index (κ1) is 21.4. The standard InChI is InChI=1S/C18H26N2O6/c1-11(2)9-14(17(23)24)19-16(22)15(12(3)21)20-18(25)26-10-13-7-5-4-6-8-13/h4-8,11-12,14-15,21H,9-10H2,1-3H3,(H,19,22)(H,20,25)(H,23,24)/t12-,14+,15+/m1/s1. The van der Waals surface area contributed by atoms with Crippen LogP contribution in [0.25, 0.3) is 0 Å². The second-order valence-corrected chi connectivity index (χ2v) is 6.45. The summed E-state index contributed by atoms with van der Waals surface area (Å²) in [5.74, 6) is -1.92. The topological polar surface area (TPSA) is 125 Å². The Kier molecular flexibility index (Phi) is 8.57. The van der Waals surface area contributed by atoms with Crippen LogP contribution in [0.5, 0.6) is 0 Å². The maximum absolute atomic E-state index is 12.3. The number of aliphatic hydroxyl groups excluding tert-OH is 1. The maximum Gasteiger partial charge on any atom is 0.408 e. The SMILES string of the molecule is CC(C)C[C@H](NC(=O)[C@@H](NC(=O)OCc1ccccc1)[C@@H](C)O)C(=O)O. The largest absolute Gasteiger partial charge is 0.480 e. The second-order valence-electron chi connectivity index (χ2n) is 6.45. The molecule has 1 aromatic carbocycles. The summed E-state index contributed by atoms with van der Waals surface area (Å²) < 4.78 is 5.02. The number of carbonyl (C=O) groups is 3. The predicted octanol–water partition coefficient (Wildman–Crippen LogP) is 1.28. The Morgan fingerprint density at radius 1 is 1.08 bits per heavy atom. The fourth-order valence-corrected chi connectivity index (χ4v) is 2.25. The number of carboxylic acids is 1. The molecule has 0 saturated heterocycles. The number of nitrogens with one attached hydrogen (secondary N) is 2. The van der Waals surface area contributed by atoms with Crippen LogP contribution in [0.2, 0.25) is 0 Å². The monoisotopic (exact) mass is 366 g/mol. The highest BCUT2D eigenvalue weighted by Crippen LogP contribution is 2.06. The molecule has 26 heavy (non-hydrogen) atoms. The summed E-state index contributed by atoms with van der Waals surface area (Å²) in [6.45, 7) is 4.98. The van der Waals surface area contributed by atoms with Crippen molar-refractivity contribution in [3.63, 3.8) is 0 Å². The molecule has 0 saturated carbocycles. The van der Waals surface area contributed by atoms with Gasteiger partial charge < -0.3 is 25.6 Å². The maximum atomic E-state index is 12.3. The zero-order valence-corrected chi connectivity index (χ0v) is 15.1. The van der Waals surface area contributed by atoms with Crippen LogP contribution in [0.3, 0.4) is 0 Å². The molecule has 0 aromatic heterocycles. The van der Waals surface area contributed by atoms with E-state index in [1.807, 2.05) is 19.9 Å². The average Bonchev–Trinajstić information content (AvgIpc) is 2.57. The van der Waals surface area contributed by atoms with Crippen LogP contribution in [0.1, 0.15) is 32.8 Å². The summed E-state index contributed by atoms with van der Waals surface area (Å²) in [4.78, 5) is 35.4. The number of benzene rings is 1. The summed E-state index contributed by atoms with van der Waals surface area (Å²) in [5.41, 5.74) is 0.767. The lowest BCUT2D eigenvalue weighted by Gasteiger charge is -2.23. The lowest BCUT2D eigenvalue weighted by molar-refractivity contribution is -0.143. The van der Waals surface area contributed by atoms with Gasteiger partial charge in [-0.2, -0.15) is 0 Å². The van der Waals surface area contributed by atoms with Crippen LogP contribution in [0.4, 0.5) is 4.79 Å². The van der Waals surface area contributed by atoms with Crippen LogP contribution in [0.15, 0.2) is 30.3 Å². The lowest BCUT2D eigenvalue weighted by Crippen LogP contribution is -2.56. The quantitative estimate of drug-likeness (QED) is 0.522. The van der Waals surface area contributed by atoms with Crippen LogP contribution in [0, 0.1) is 5.92 Å². The van der Waals surface area contributed by atoms with Crippen molar-refractivity contribution in [1.82, 2.24) is 10.6 Å². The molecule has 1 rings (SSSR count). The Hall–Kier alpha value is -2.61. The number of carboxylic acid groups (broad SMARTS) is 1. The molecule has 0 spiro atoms. The summed E-state index contributed by atoms with van der Waals surface area (Å²) in [6.07, 6.45) is -1.88. The summed E-state index contributed by atoms with van der Waals surface area (Å²) in [6, 6.07) is 6.53. The average molecular weight is 366 g/mol. The summed E-state index contributed by atoms with van der Waals surface area (Å²) >= 11 is 0. The molecule has 2 amide bonds.